The zero-order valence-electron chi connectivity index (χ0n) is 14.9. The number of nitrogens with two attached hydrogens (primary N) is 1. The number of fused-ring (bicyclic) bond motifs is 2. The van der Waals surface area contributed by atoms with E-state index in [1.807, 2.05) is 18.2 Å². The monoisotopic (exact) mass is 375 g/mol. The lowest BCUT2D eigenvalue weighted by atomic mass is 9.65. The van der Waals surface area contributed by atoms with E-state index in [0.717, 1.165) is 25.7 Å². The second-order valence-corrected chi connectivity index (χ2v) is 8.47. The number of benzene rings is 1. The van der Waals surface area contributed by atoms with Crippen LogP contribution < -0.4 is 16.0 Å². The van der Waals surface area contributed by atoms with Crippen LogP contribution in [0.3, 0.4) is 0 Å². The summed E-state index contributed by atoms with van der Waals surface area (Å²) < 4.78 is 0. The molecule has 2 bridgehead atoms. The summed E-state index contributed by atoms with van der Waals surface area (Å²) in [7, 11) is 0. The van der Waals surface area contributed by atoms with E-state index < -0.39 is 0 Å². The summed E-state index contributed by atoms with van der Waals surface area (Å²) in [5.41, 5.74) is 7.05. The number of carbonyl (C=O) groups excluding carboxylic acids is 2. The standard InChI is InChI=1S/C20H26ClN3O2/c21-16-6-1-2-7-17(16)24-11-15(10-18(24)25)23-20(26)14-8-12-4-3-5-13(9-14)19(12)22/h1-2,6-7,12-15,19H,3-5,8-11,22H2,(H,23,26). The molecule has 1 aromatic carbocycles. The van der Waals surface area contributed by atoms with Crippen molar-refractivity contribution in [3.8, 4) is 0 Å². The highest BCUT2D eigenvalue weighted by molar-refractivity contribution is 6.33. The van der Waals surface area contributed by atoms with Gasteiger partial charge in [-0.1, -0.05) is 30.2 Å². The average molecular weight is 376 g/mol. The number of nitrogens with zero attached hydrogens (tertiary/aromatic N) is 1. The number of hydrogen-bond donors (Lipinski definition) is 2. The van der Waals surface area contributed by atoms with Gasteiger partial charge in [-0.3, -0.25) is 9.59 Å². The van der Waals surface area contributed by atoms with Crippen LogP contribution in [-0.4, -0.2) is 30.4 Å². The zero-order chi connectivity index (χ0) is 18.3. The van der Waals surface area contributed by atoms with Crippen molar-refractivity contribution in [2.45, 2.75) is 50.6 Å². The van der Waals surface area contributed by atoms with Gasteiger partial charge >= 0.3 is 0 Å². The fourth-order valence-electron chi connectivity index (χ4n) is 5.03. The third kappa shape index (κ3) is 3.35. The van der Waals surface area contributed by atoms with Crippen LogP contribution in [0.4, 0.5) is 5.69 Å². The number of para-hydroxylation sites is 1. The Labute approximate surface area is 159 Å². The summed E-state index contributed by atoms with van der Waals surface area (Å²) >= 11 is 6.22. The Kier molecular flexibility index (Phi) is 4.93. The van der Waals surface area contributed by atoms with Gasteiger partial charge in [0, 0.05) is 24.9 Å². The number of carbonyl (C=O) groups is 2. The maximum absolute atomic E-state index is 12.8. The first kappa shape index (κ1) is 17.8. The molecule has 3 fully saturated rings. The average Bonchev–Trinajstić information content (AvgIpc) is 2.95. The molecule has 3 aliphatic rings. The quantitative estimate of drug-likeness (QED) is 0.852. The molecule has 140 valence electrons. The van der Waals surface area contributed by atoms with Gasteiger partial charge in [-0.05, 0) is 49.7 Å². The van der Waals surface area contributed by atoms with E-state index in [0.29, 0.717) is 35.5 Å². The lowest BCUT2D eigenvalue weighted by Crippen LogP contribution is -2.50. The highest BCUT2D eigenvalue weighted by Gasteiger charge is 2.41. The Morgan fingerprint density at radius 1 is 1.19 bits per heavy atom. The summed E-state index contributed by atoms with van der Waals surface area (Å²) in [6, 6.07) is 7.44. The molecular formula is C20H26ClN3O2. The highest BCUT2D eigenvalue weighted by Crippen LogP contribution is 2.42. The van der Waals surface area contributed by atoms with Crippen LogP contribution >= 0.6 is 11.6 Å². The smallest absolute Gasteiger partial charge is 0.229 e. The fourth-order valence-corrected chi connectivity index (χ4v) is 5.27. The van der Waals surface area contributed by atoms with E-state index in [4.69, 9.17) is 17.3 Å². The number of nitrogens with one attached hydrogen (secondary N) is 1. The summed E-state index contributed by atoms with van der Waals surface area (Å²) in [5.74, 6) is 1.08. The van der Waals surface area contributed by atoms with E-state index in [1.165, 1.54) is 6.42 Å². The van der Waals surface area contributed by atoms with Crippen molar-refractivity contribution in [3.05, 3.63) is 29.3 Å². The molecule has 4 rings (SSSR count). The van der Waals surface area contributed by atoms with Crippen molar-refractivity contribution in [2.24, 2.45) is 23.5 Å². The van der Waals surface area contributed by atoms with E-state index in [9.17, 15) is 9.59 Å². The minimum Gasteiger partial charge on any atom is -0.351 e. The van der Waals surface area contributed by atoms with Crippen LogP contribution in [0.1, 0.15) is 38.5 Å². The summed E-state index contributed by atoms with van der Waals surface area (Å²) in [6.07, 6.45) is 5.63. The molecule has 0 radical (unpaired) electrons. The van der Waals surface area contributed by atoms with E-state index >= 15 is 0 Å². The molecule has 0 spiro atoms. The lowest BCUT2D eigenvalue weighted by Gasteiger charge is -2.43. The van der Waals surface area contributed by atoms with Gasteiger partial charge in [-0.15, -0.1) is 0 Å². The van der Waals surface area contributed by atoms with Crippen molar-refractivity contribution >= 4 is 29.1 Å². The largest absolute Gasteiger partial charge is 0.351 e. The zero-order valence-corrected chi connectivity index (χ0v) is 15.6. The third-order valence-electron chi connectivity index (χ3n) is 6.40. The van der Waals surface area contributed by atoms with Crippen molar-refractivity contribution in [1.29, 1.82) is 0 Å². The van der Waals surface area contributed by atoms with E-state index in [2.05, 4.69) is 5.32 Å². The van der Waals surface area contributed by atoms with Gasteiger partial charge in [0.25, 0.3) is 0 Å². The van der Waals surface area contributed by atoms with Gasteiger partial charge in [0.1, 0.15) is 0 Å². The molecule has 1 aliphatic heterocycles. The molecule has 26 heavy (non-hydrogen) atoms. The van der Waals surface area contributed by atoms with E-state index in [-0.39, 0.29) is 29.8 Å². The van der Waals surface area contributed by atoms with Gasteiger partial charge in [0.05, 0.1) is 16.8 Å². The van der Waals surface area contributed by atoms with Crippen molar-refractivity contribution in [3.63, 3.8) is 0 Å². The topological polar surface area (TPSA) is 75.4 Å². The molecule has 1 aromatic rings. The molecule has 3 N–H and O–H groups in total. The van der Waals surface area contributed by atoms with Crippen LogP contribution in [0, 0.1) is 17.8 Å². The SMILES string of the molecule is NC1C2CCCC1CC(C(=O)NC1CC(=O)N(c3ccccc3Cl)C1)C2. The maximum atomic E-state index is 12.8. The number of hydrogen-bond acceptors (Lipinski definition) is 3. The molecule has 1 saturated heterocycles. The summed E-state index contributed by atoms with van der Waals surface area (Å²) in [4.78, 5) is 26.9. The normalized spacial score (nSPS) is 34.0. The van der Waals surface area contributed by atoms with Crippen LogP contribution in [0.2, 0.25) is 5.02 Å². The van der Waals surface area contributed by atoms with Gasteiger partial charge in [-0.2, -0.15) is 0 Å². The first-order valence-corrected chi connectivity index (χ1v) is 10.0. The molecule has 3 unspecified atom stereocenters. The molecule has 5 nitrogen and oxygen atoms in total. The van der Waals surface area contributed by atoms with Crippen LogP contribution in [0.15, 0.2) is 24.3 Å². The molecule has 2 amide bonds. The van der Waals surface area contributed by atoms with Crippen LogP contribution in [0.5, 0.6) is 0 Å². The van der Waals surface area contributed by atoms with Gasteiger partial charge < -0.3 is 16.0 Å². The Morgan fingerprint density at radius 2 is 1.88 bits per heavy atom. The highest BCUT2D eigenvalue weighted by atomic mass is 35.5. The first-order valence-electron chi connectivity index (χ1n) is 9.63. The molecule has 3 atom stereocenters. The summed E-state index contributed by atoms with van der Waals surface area (Å²) in [5, 5.41) is 3.67. The van der Waals surface area contributed by atoms with Gasteiger partial charge in [0.2, 0.25) is 11.8 Å². The van der Waals surface area contributed by atoms with E-state index in [1.54, 1.807) is 11.0 Å². The molecular weight excluding hydrogens is 350 g/mol. The minimum absolute atomic E-state index is 0.00550. The van der Waals surface area contributed by atoms with Crippen LogP contribution in [0.25, 0.3) is 0 Å². The summed E-state index contributed by atoms with van der Waals surface area (Å²) in [6.45, 7) is 0.480. The Hall–Kier alpha value is -1.59. The second-order valence-electron chi connectivity index (χ2n) is 8.06. The minimum atomic E-state index is -0.151. The lowest BCUT2D eigenvalue weighted by molar-refractivity contribution is -0.128. The molecule has 0 aromatic heterocycles. The number of anilines is 1. The fraction of sp³-hybridized carbons (Fsp3) is 0.600. The van der Waals surface area contributed by atoms with Crippen molar-refractivity contribution < 1.29 is 9.59 Å². The molecule has 2 saturated carbocycles. The molecule has 2 aliphatic carbocycles. The van der Waals surface area contributed by atoms with Crippen LogP contribution in [-0.2, 0) is 9.59 Å². The number of rotatable bonds is 3. The third-order valence-corrected chi connectivity index (χ3v) is 6.72. The van der Waals surface area contributed by atoms with Gasteiger partial charge in [-0.25, -0.2) is 0 Å². The second kappa shape index (κ2) is 7.20. The Morgan fingerprint density at radius 3 is 2.58 bits per heavy atom. The molecule has 6 heteroatoms. The Balaban J connectivity index is 1.38. The Bertz CT molecular complexity index is 696. The predicted molar refractivity (Wildman–Crippen MR) is 102 cm³/mol. The predicted octanol–water partition coefficient (Wildman–Crippen LogP) is 2.72. The first-order chi connectivity index (χ1) is 12.5. The van der Waals surface area contributed by atoms with Crippen molar-refractivity contribution in [1.82, 2.24) is 5.32 Å². The molecule has 1 heterocycles. The number of amides is 2. The maximum Gasteiger partial charge on any atom is 0.229 e. The van der Waals surface area contributed by atoms with Crippen molar-refractivity contribution in [2.75, 3.05) is 11.4 Å². The van der Waals surface area contributed by atoms with Gasteiger partial charge in [0.15, 0.2) is 0 Å². The number of halogens is 1.